The Hall–Kier alpha value is -3.28. The predicted molar refractivity (Wildman–Crippen MR) is 235 cm³/mol. The van der Waals surface area contributed by atoms with Gasteiger partial charge >= 0.3 is 0 Å². The van der Waals surface area contributed by atoms with Gasteiger partial charge in [0.05, 0.1) is 11.2 Å². The first-order valence-corrected chi connectivity index (χ1v) is 20.7. The van der Waals surface area contributed by atoms with Crippen molar-refractivity contribution >= 4 is 0 Å². The molecule has 5 heteroatoms. The second-order valence-electron chi connectivity index (χ2n) is 23.6. The van der Waals surface area contributed by atoms with Gasteiger partial charge in [-0.1, -0.05) is 173 Å². The van der Waals surface area contributed by atoms with Crippen molar-refractivity contribution in [1.82, 2.24) is 0 Å². The maximum absolute atomic E-state index is 12.9. The summed E-state index contributed by atoms with van der Waals surface area (Å²) in [5.74, 6) is 0.924. The summed E-state index contributed by atoms with van der Waals surface area (Å²) in [6.45, 7) is 37.8. The first kappa shape index (κ1) is 45.4. The molecule has 3 aromatic rings. The Labute approximate surface area is 340 Å². The molecule has 0 aromatic heterocycles. The van der Waals surface area contributed by atoms with Crippen LogP contribution < -0.4 is 0 Å². The van der Waals surface area contributed by atoms with Crippen LogP contribution in [0, 0.1) is 0 Å². The maximum Gasteiger partial charge on any atom is 0.123 e. The van der Waals surface area contributed by atoms with Crippen LogP contribution in [0.1, 0.15) is 188 Å². The number of phenols is 3. The number of aromatic hydroxyl groups is 3. The van der Waals surface area contributed by atoms with Crippen molar-refractivity contribution in [3.8, 4) is 17.2 Å². The van der Waals surface area contributed by atoms with E-state index in [9.17, 15) is 25.5 Å². The van der Waals surface area contributed by atoms with Gasteiger partial charge < -0.3 is 25.5 Å². The summed E-state index contributed by atoms with van der Waals surface area (Å²) in [6.07, 6.45) is 3.53. The van der Waals surface area contributed by atoms with E-state index in [0.717, 1.165) is 55.6 Å². The molecule has 1 aliphatic carbocycles. The van der Waals surface area contributed by atoms with Gasteiger partial charge in [0.15, 0.2) is 0 Å². The molecule has 0 bridgehead atoms. The predicted octanol–water partition coefficient (Wildman–Crippen LogP) is 11.8. The van der Waals surface area contributed by atoms with Crippen LogP contribution >= 0.6 is 0 Å². The Morgan fingerprint density at radius 1 is 0.429 bits per heavy atom. The molecule has 0 radical (unpaired) electrons. The maximum atomic E-state index is 12.9. The highest BCUT2D eigenvalue weighted by Crippen LogP contribution is 2.47. The van der Waals surface area contributed by atoms with E-state index < -0.39 is 11.2 Å². The first-order chi connectivity index (χ1) is 24.9. The lowest BCUT2D eigenvalue weighted by molar-refractivity contribution is -0.0508. The average molecular weight is 769 g/mol. The smallest absolute Gasteiger partial charge is 0.123 e. The molecule has 56 heavy (non-hydrogen) atoms. The first-order valence-electron chi connectivity index (χ1n) is 20.7. The van der Waals surface area contributed by atoms with Crippen molar-refractivity contribution < 1.29 is 25.5 Å². The van der Waals surface area contributed by atoms with E-state index in [-0.39, 0.29) is 45.3 Å². The van der Waals surface area contributed by atoms with Crippen LogP contribution in [0.4, 0.5) is 0 Å². The Kier molecular flexibility index (Phi) is 11.8. The lowest BCUT2D eigenvalue weighted by atomic mass is 9.69. The normalized spacial score (nSPS) is 20.3. The van der Waals surface area contributed by atoms with Crippen molar-refractivity contribution in [2.45, 2.75) is 200 Å². The molecule has 0 amide bonds. The van der Waals surface area contributed by atoms with Gasteiger partial charge in [0.2, 0.25) is 0 Å². The fraction of sp³-hybridized carbons (Fsp3) is 0.608. The summed E-state index contributed by atoms with van der Waals surface area (Å²) in [4.78, 5) is 0. The van der Waals surface area contributed by atoms with Crippen molar-refractivity contribution in [3.63, 3.8) is 0 Å². The highest BCUT2D eigenvalue weighted by atomic mass is 16.3. The Morgan fingerprint density at radius 2 is 0.696 bits per heavy atom. The molecule has 3 aromatic carbocycles. The molecule has 0 aliphatic heterocycles. The van der Waals surface area contributed by atoms with Crippen molar-refractivity contribution in [2.75, 3.05) is 0 Å². The van der Waals surface area contributed by atoms with Crippen LogP contribution in [-0.2, 0) is 51.8 Å². The molecular weight excluding hydrogens is 693 g/mol. The summed E-state index contributed by atoms with van der Waals surface area (Å²) in [7, 11) is 0. The number of hydrogen-bond acceptors (Lipinski definition) is 5. The number of phenolic OH excluding ortho intramolecular Hbond substituents is 3. The molecule has 2 atom stereocenters. The van der Waals surface area contributed by atoms with Gasteiger partial charge in [-0.05, 0) is 95.4 Å². The van der Waals surface area contributed by atoms with Crippen LogP contribution in [0.25, 0.3) is 0 Å². The Morgan fingerprint density at radius 3 is 0.982 bits per heavy atom. The highest BCUT2D eigenvalue weighted by Gasteiger charge is 2.44. The van der Waals surface area contributed by atoms with Crippen molar-refractivity contribution in [1.29, 1.82) is 0 Å². The van der Waals surface area contributed by atoms with Crippen LogP contribution in [-0.4, -0.2) is 36.7 Å². The molecule has 1 aliphatic rings. The summed E-state index contributed by atoms with van der Waals surface area (Å²) in [5, 5.41) is 60.4. The van der Waals surface area contributed by atoms with Crippen molar-refractivity contribution in [2.24, 2.45) is 0 Å². The van der Waals surface area contributed by atoms with Crippen LogP contribution in [0.15, 0.2) is 48.0 Å². The molecular formula is C51H76O5. The van der Waals surface area contributed by atoms with E-state index in [0.29, 0.717) is 36.5 Å². The van der Waals surface area contributed by atoms with Gasteiger partial charge in [-0.2, -0.15) is 0 Å². The number of hydrogen-bond donors (Lipinski definition) is 5. The van der Waals surface area contributed by atoms with Crippen LogP contribution in [0.5, 0.6) is 17.2 Å². The third-order valence-corrected chi connectivity index (χ3v) is 11.5. The second kappa shape index (κ2) is 14.5. The molecule has 0 heterocycles. The Balaban J connectivity index is 1.95. The minimum absolute atomic E-state index is 0.118. The minimum Gasteiger partial charge on any atom is -0.507 e. The second-order valence-corrected chi connectivity index (χ2v) is 23.6. The van der Waals surface area contributed by atoms with Gasteiger partial charge in [0, 0.05) is 19.3 Å². The van der Waals surface area contributed by atoms with E-state index in [4.69, 9.17) is 0 Å². The molecule has 5 nitrogen and oxygen atoms in total. The van der Waals surface area contributed by atoms with Gasteiger partial charge in [0.25, 0.3) is 0 Å². The van der Waals surface area contributed by atoms with Gasteiger partial charge in [-0.25, -0.2) is 0 Å². The average Bonchev–Trinajstić information content (AvgIpc) is 2.95. The van der Waals surface area contributed by atoms with E-state index in [2.05, 4.69) is 137 Å². The summed E-state index contributed by atoms with van der Waals surface area (Å²) in [5.41, 5.74) is 4.25. The topological polar surface area (TPSA) is 101 Å². The number of benzene rings is 3. The molecule has 5 N–H and O–H groups in total. The lowest BCUT2D eigenvalue weighted by Crippen LogP contribution is -2.47. The third-order valence-electron chi connectivity index (χ3n) is 11.5. The summed E-state index contributed by atoms with van der Waals surface area (Å²) in [6, 6.07) is 12.3. The van der Waals surface area contributed by atoms with Gasteiger partial charge in [-0.15, -0.1) is 0 Å². The van der Waals surface area contributed by atoms with Gasteiger partial charge in [-0.3, -0.25) is 0 Å². The fourth-order valence-corrected chi connectivity index (χ4v) is 8.70. The molecule has 2 unspecified atom stereocenters. The SMILES string of the molecule is CC(C)(C)c1cc(CC2=CC(O)(Cc3cc(C(C)(C)C)c(O)c(C(C)(C)C)c3)CC(O)(Cc3cc(C(C)(C)C)c(O)c(C(C)(C)C)c3)C2)cc(C(C)(C)C)c1O. The van der Waals surface area contributed by atoms with E-state index >= 15 is 0 Å². The molecule has 4 rings (SSSR count). The standard InChI is InChI=1S/C51H76O5/c1-44(2,3)35-20-31(21-36(41(35)52)45(4,5)6)19-34-28-50(55,26-32-22-37(46(7,8)9)42(53)38(23-32)47(10,11)12)30-51(56,29-34)27-33-24-39(48(13,14)15)43(54)40(25-33)49(16,17)18/h20-25,28,52-56H,19,26-27,29-30H2,1-18H3. The monoisotopic (exact) mass is 769 g/mol. The Bertz CT molecular complexity index is 1870. The fourth-order valence-electron chi connectivity index (χ4n) is 8.70. The zero-order valence-corrected chi connectivity index (χ0v) is 38.3. The molecule has 0 saturated carbocycles. The largest absolute Gasteiger partial charge is 0.507 e. The summed E-state index contributed by atoms with van der Waals surface area (Å²) < 4.78 is 0. The molecule has 310 valence electrons. The van der Waals surface area contributed by atoms with Gasteiger partial charge in [0.1, 0.15) is 17.2 Å². The lowest BCUT2D eigenvalue weighted by Gasteiger charge is -2.42. The quantitative estimate of drug-likeness (QED) is 0.161. The third kappa shape index (κ3) is 10.2. The molecule has 0 spiro atoms. The minimum atomic E-state index is -1.41. The summed E-state index contributed by atoms with van der Waals surface area (Å²) >= 11 is 0. The van der Waals surface area contributed by atoms with Crippen molar-refractivity contribution in [3.05, 3.63) is 98.1 Å². The van der Waals surface area contributed by atoms with E-state index in [1.165, 1.54) is 0 Å². The zero-order chi connectivity index (χ0) is 43.0. The van der Waals surface area contributed by atoms with E-state index in [1.807, 2.05) is 30.3 Å². The number of rotatable bonds is 6. The van der Waals surface area contributed by atoms with Crippen LogP contribution in [0.2, 0.25) is 0 Å². The van der Waals surface area contributed by atoms with E-state index in [1.54, 1.807) is 0 Å². The molecule has 0 fully saturated rings. The van der Waals surface area contributed by atoms with Crippen LogP contribution in [0.3, 0.4) is 0 Å². The zero-order valence-electron chi connectivity index (χ0n) is 38.3. The molecule has 0 saturated heterocycles. The number of aliphatic hydroxyl groups is 2. The highest BCUT2D eigenvalue weighted by molar-refractivity contribution is 5.53.